The van der Waals surface area contributed by atoms with Gasteiger partial charge in [-0.25, -0.2) is 0 Å². The van der Waals surface area contributed by atoms with Crippen molar-refractivity contribution in [1.29, 1.82) is 0 Å². The summed E-state index contributed by atoms with van der Waals surface area (Å²) >= 11 is 5.91. The lowest BCUT2D eigenvalue weighted by molar-refractivity contribution is -0.143. The minimum atomic E-state index is -0.291. The van der Waals surface area contributed by atoms with Crippen LogP contribution in [0.3, 0.4) is 0 Å². The number of nitrogens with one attached hydrogen (secondary N) is 1. The van der Waals surface area contributed by atoms with E-state index in [0.717, 1.165) is 19.3 Å². The van der Waals surface area contributed by atoms with E-state index in [1.807, 2.05) is 0 Å². The molecule has 0 aliphatic rings. The Morgan fingerprint density at radius 1 is 1.25 bits per heavy atom. The van der Waals surface area contributed by atoms with Crippen LogP contribution in [-0.2, 0) is 9.53 Å². The number of esters is 1. The molecule has 0 fully saturated rings. The van der Waals surface area contributed by atoms with Gasteiger partial charge in [-0.2, -0.15) is 0 Å². The maximum absolute atomic E-state index is 11.8. The number of unbranched alkanes of at least 4 members (excludes halogenated alkanes) is 2. The molecule has 1 aromatic rings. The molecular weight excluding hydrogens is 278 g/mol. The van der Waals surface area contributed by atoms with Gasteiger partial charge in [0.25, 0.3) is 5.91 Å². The van der Waals surface area contributed by atoms with Gasteiger partial charge < -0.3 is 10.1 Å². The van der Waals surface area contributed by atoms with E-state index in [1.165, 1.54) is 0 Å². The summed E-state index contributed by atoms with van der Waals surface area (Å²) in [4.78, 5) is 23.2. The lowest BCUT2D eigenvalue weighted by Gasteiger charge is -2.07. The summed E-state index contributed by atoms with van der Waals surface area (Å²) in [5, 5.41) is 3.04. The second kappa shape index (κ2) is 9.37. The number of benzene rings is 1. The Bertz CT molecular complexity index is 448. The van der Waals surface area contributed by atoms with E-state index in [-0.39, 0.29) is 24.8 Å². The number of hydrogen-bond acceptors (Lipinski definition) is 3. The zero-order valence-electron chi connectivity index (χ0n) is 11.7. The molecule has 0 aliphatic carbocycles. The van der Waals surface area contributed by atoms with Crippen LogP contribution in [0.15, 0.2) is 24.3 Å². The van der Waals surface area contributed by atoms with Crippen LogP contribution in [0, 0.1) is 0 Å². The van der Waals surface area contributed by atoms with Crippen molar-refractivity contribution in [3.05, 3.63) is 34.9 Å². The van der Waals surface area contributed by atoms with Gasteiger partial charge in [-0.3, -0.25) is 9.59 Å². The van der Waals surface area contributed by atoms with Crippen LogP contribution >= 0.6 is 11.6 Å². The minimum absolute atomic E-state index is 0.169. The Kier molecular flexibility index (Phi) is 7.73. The van der Waals surface area contributed by atoms with Crippen LogP contribution < -0.4 is 5.32 Å². The van der Waals surface area contributed by atoms with Crippen molar-refractivity contribution in [2.24, 2.45) is 0 Å². The van der Waals surface area contributed by atoms with Crippen LogP contribution in [-0.4, -0.2) is 25.0 Å². The summed E-state index contributed by atoms with van der Waals surface area (Å²) in [5.41, 5.74) is 0.408. The number of hydrogen-bond donors (Lipinski definition) is 1. The van der Waals surface area contributed by atoms with Crippen LogP contribution in [0.4, 0.5) is 0 Å². The van der Waals surface area contributed by atoms with E-state index in [4.69, 9.17) is 16.3 Å². The third-order valence-electron chi connectivity index (χ3n) is 2.74. The molecule has 0 spiro atoms. The molecule has 0 heterocycles. The van der Waals surface area contributed by atoms with Crippen molar-refractivity contribution in [2.45, 2.75) is 32.6 Å². The van der Waals surface area contributed by atoms with Crippen LogP contribution in [0.1, 0.15) is 43.0 Å². The fraction of sp³-hybridized carbons (Fsp3) is 0.467. The Hall–Kier alpha value is -1.55. The molecule has 110 valence electrons. The number of amides is 1. The highest BCUT2D eigenvalue weighted by molar-refractivity contribution is 6.33. The van der Waals surface area contributed by atoms with E-state index in [0.29, 0.717) is 17.2 Å². The molecule has 1 N–H and O–H groups in total. The normalized spacial score (nSPS) is 10.1. The predicted molar refractivity (Wildman–Crippen MR) is 78.9 cm³/mol. The number of rotatable bonds is 8. The van der Waals surface area contributed by atoms with Crippen molar-refractivity contribution in [3.63, 3.8) is 0 Å². The van der Waals surface area contributed by atoms with Gasteiger partial charge in [-0.1, -0.05) is 43.5 Å². The Balaban J connectivity index is 2.22. The summed E-state index contributed by atoms with van der Waals surface area (Å²) in [6.45, 7) is 2.79. The molecule has 0 bridgehead atoms. The second-order valence-corrected chi connectivity index (χ2v) is 4.82. The molecule has 0 unspecified atom stereocenters. The number of halogens is 1. The fourth-order valence-electron chi connectivity index (χ4n) is 1.63. The summed E-state index contributed by atoms with van der Waals surface area (Å²) in [6.07, 6.45) is 3.19. The molecule has 0 aromatic heterocycles. The Morgan fingerprint density at radius 3 is 2.70 bits per heavy atom. The third kappa shape index (κ3) is 6.06. The quantitative estimate of drug-likeness (QED) is 0.592. The van der Waals surface area contributed by atoms with Crippen LogP contribution in [0.2, 0.25) is 5.02 Å². The van der Waals surface area contributed by atoms with Crippen molar-refractivity contribution in [1.82, 2.24) is 5.32 Å². The predicted octanol–water partition coefficient (Wildman–Crippen LogP) is 3.19. The lowest BCUT2D eigenvalue weighted by Crippen LogP contribution is -2.26. The summed E-state index contributed by atoms with van der Waals surface area (Å²) in [6, 6.07) is 6.79. The van der Waals surface area contributed by atoms with Gasteiger partial charge in [0.1, 0.15) is 0 Å². The van der Waals surface area contributed by atoms with Gasteiger partial charge >= 0.3 is 5.97 Å². The van der Waals surface area contributed by atoms with E-state index < -0.39 is 0 Å². The van der Waals surface area contributed by atoms with Crippen molar-refractivity contribution < 1.29 is 14.3 Å². The zero-order chi connectivity index (χ0) is 14.8. The highest BCUT2D eigenvalue weighted by Gasteiger charge is 2.10. The molecule has 0 atom stereocenters. The van der Waals surface area contributed by atoms with Crippen LogP contribution in [0.25, 0.3) is 0 Å². The van der Waals surface area contributed by atoms with E-state index in [9.17, 15) is 9.59 Å². The monoisotopic (exact) mass is 297 g/mol. The highest BCUT2D eigenvalue weighted by Crippen LogP contribution is 2.14. The molecule has 0 saturated carbocycles. The first kappa shape index (κ1) is 16.5. The Morgan fingerprint density at radius 2 is 2.00 bits per heavy atom. The van der Waals surface area contributed by atoms with E-state index >= 15 is 0 Å². The maximum atomic E-state index is 11.8. The molecule has 1 amide bonds. The molecule has 5 heteroatoms. The second-order valence-electron chi connectivity index (χ2n) is 4.41. The summed E-state index contributed by atoms with van der Waals surface area (Å²) < 4.78 is 5.04. The largest absolute Gasteiger partial charge is 0.466 e. The smallest absolute Gasteiger partial charge is 0.307 e. The molecule has 1 rings (SSSR count). The summed E-state index contributed by atoms with van der Waals surface area (Å²) in [7, 11) is 0. The molecular formula is C15H20ClNO3. The molecule has 0 aliphatic heterocycles. The summed E-state index contributed by atoms with van der Waals surface area (Å²) in [5.74, 6) is -0.574. The molecule has 20 heavy (non-hydrogen) atoms. The zero-order valence-corrected chi connectivity index (χ0v) is 12.4. The first-order valence-corrected chi connectivity index (χ1v) is 7.21. The van der Waals surface area contributed by atoms with Crippen molar-refractivity contribution in [3.8, 4) is 0 Å². The lowest BCUT2D eigenvalue weighted by atomic mass is 10.2. The van der Waals surface area contributed by atoms with Gasteiger partial charge in [0.2, 0.25) is 0 Å². The third-order valence-corrected chi connectivity index (χ3v) is 3.07. The average molecular weight is 298 g/mol. The standard InChI is InChI=1S/C15H20ClNO3/c1-2-3-6-11-20-14(18)9-10-17-15(19)12-7-4-5-8-13(12)16/h4-5,7-8H,2-3,6,9-11H2,1H3,(H,17,19). The van der Waals surface area contributed by atoms with Gasteiger partial charge in [0, 0.05) is 6.54 Å². The average Bonchev–Trinajstić information content (AvgIpc) is 2.44. The first-order valence-electron chi connectivity index (χ1n) is 6.83. The first-order chi connectivity index (χ1) is 9.65. The van der Waals surface area contributed by atoms with Crippen molar-refractivity contribution >= 4 is 23.5 Å². The van der Waals surface area contributed by atoms with Gasteiger partial charge in [0.05, 0.1) is 23.6 Å². The number of ether oxygens (including phenoxy) is 1. The van der Waals surface area contributed by atoms with Gasteiger partial charge in [-0.05, 0) is 18.6 Å². The molecule has 1 aromatic carbocycles. The molecule has 0 saturated heterocycles. The highest BCUT2D eigenvalue weighted by atomic mass is 35.5. The fourth-order valence-corrected chi connectivity index (χ4v) is 1.85. The number of carbonyl (C=O) groups is 2. The Labute approximate surface area is 124 Å². The SMILES string of the molecule is CCCCCOC(=O)CCNC(=O)c1ccccc1Cl. The number of carbonyl (C=O) groups excluding carboxylic acids is 2. The van der Waals surface area contributed by atoms with E-state index in [1.54, 1.807) is 24.3 Å². The topological polar surface area (TPSA) is 55.4 Å². The van der Waals surface area contributed by atoms with Crippen molar-refractivity contribution in [2.75, 3.05) is 13.2 Å². The van der Waals surface area contributed by atoms with Gasteiger partial charge in [-0.15, -0.1) is 0 Å². The van der Waals surface area contributed by atoms with Crippen LogP contribution in [0.5, 0.6) is 0 Å². The molecule has 0 radical (unpaired) electrons. The maximum Gasteiger partial charge on any atom is 0.307 e. The van der Waals surface area contributed by atoms with E-state index in [2.05, 4.69) is 12.2 Å². The molecule has 4 nitrogen and oxygen atoms in total. The van der Waals surface area contributed by atoms with Gasteiger partial charge in [0.15, 0.2) is 0 Å². The minimum Gasteiger partial charge on any atom is -0.466 e.